The molecule has 0 N–H and O–H groups in total. The fourth-order valence-corrected chi connectivity index (χ4v) is 10.0. The summed E-state index contributed by atoms with van der Waals surface area (Å²) in [5.41, 5.74) is 15.4. The lowest BCUT2D eigenvalue weighted by Crippen LogP contribution is -2.25. The van der Waals surface area contributed by atoms with E-state index in [9.17, 15) is 0 Å². The van der Waals surface area contributed by atoms with E-state index in [2.05, 4.69) is 144 Å². The molecule has 0 amide bonds. The van der Waals surface area contributed by atoms with Crippen molar-refractivity contribution in [2.75, 3.05) is 0 Å². The van der Waals surface area contributed by atoms with Crippen LogP contribution >= 0.6 is 0 Å². The largest absolute Gasteiger partial charge is 0.456 e. The molecule has 5 heteroatoms. The molecule has 1 spiro atoms. The Hall–Kier alpha value is -7.63. The van der Waals surface area contributed by atoms with Crippen molar-refractivity contribution in [3.05, 3.63) is 204 Å². The second-order valence-corrected chi connectivity index (χ2v) is 15.1. The SMILES string of the molecule is c1ccc(-c2nc(-c3ccc4oc5ccccc5c4c3)nc(-n3c4ccccc4c4ccc5c(c43)-c3ccccc3C53c4ccccc4-c4ccccc43)n2)cc1. The minimum absolute atomic E-state index is 0.475. The molecule has 0 atom stereocenters. The smallest absolute Gasteiger partial charge is 0.238 e. The van der Waals surface area contributed by atoms with Gasteiger partial charge in [-0.15, -0.1) is 0 Å². The first-order valence-electron chi connectivity index (χ1n) is 19.4. The van der Waals surface area contributed by atoms with E-state index in [0.29, 0.717) is 17.6 Å². The molecular formula is C52H30N4O. The average Bonchev–Trinajstić information content (AvgIpc) is 4.00. The highest BCUT2D eigenvalue weighted by atomic mass is 16.3. The van der Waals surface area contributed by atoms with Gasteiger partial charge < -0.3 is 4.42 Å². The van der Waals surface area contributed by atoms with Gasteiger partial charge in [0, 0.05) is 38.2 Å². The van der Waals surface area contributed by atoms with Crippen LogP contribution in [-0.4, -0.2) is 19.5 Å². The summed E-state index contributed by atoms with van der Waals surface area (Å²) in [6.07, 6.45) is 0. The molecule has 11 aromatic rings. The van der Waals surface area contributed by atoms with Crippen molar-refractivity contribution in [3.63, 3.8) is 0 Å². The van der Waals surface area contributed by atoms with E-state index in [1.54, 1.807) is 0 Å². The number of hydrogen-bond acceptors (Lipinski definition) is 4. The zero-order chi connectivity index (χ0) is 37.2. The maximum Gasteiger partial charge on any atom is 0.238 e. The van der Waals surface area contributed by atoms with Crippen LogP contribution in [0.3, 0.4) is 0 Å². The standard InChI is InChI=1S/C52H30N4O/c1-2-14-31(15-3-1)49-53-50(32-26-29-46-39(30-32)36-19-8-13-25-45(36)57-46)55-51(54-49)56-44-24-12-7-18-35(44)37-27-28-43-47(48(37)56)38-20-6-11-23-42(38)52(43)40-21-9-4-16-33(40)34-17-5-10-22-41(34)52/h1-30H. The summed E-state index contributed by atoms with van der Waals surface area (Å²) in [4.78, 5) is 15.9. The van der Waals surface area contributed by atoms with Crippen molar-refractivity contribution in [1.29, 1.82) is 0 Å². The van der Waals surface area contributed by atoms with Crippen molar-refractivity contribution < 1.29 is 4.42 Å². The first-order chi connectivity index (χ1) is 28.3. The fraction of sp³-hybridized carbons (Fsp3) is 0.0192. The van der Waals surface area contributed by atoms with E-state index in [-0.39, 0.29) is 0 Å². The van der Waals surface area contributed by atoms with Gasteiger partial charge in [-0.3, -0.25) is 4.57 Å². The van der Waals surface area contributed by atoms with Crippen LogP contribution in [0.2, 0.25) is 0 Å². The van der Waals surface area contributed by atoms with Crippen LogP contribution in [0.25, 0.3) is 94.7 Å². The summed E-state index contributed by atoms with van der Waals surface area (Å²) in [5.74, 6) is 1.78. The molecule has 264 valence electrons. The van der Waals surface area contributed by atoms with Gasteiger partial charge in [-0.2, -0.15) is 9.97 Å². The summed E-state index contributed by atoms with van der Waals surface area (Å²) < 4.78 is 8.50. The van der Waals surface area contributed by atoms with Crippen molar-refractivity contribution >= 4 is 43.7 Å². The Labute approximate surface area is 327 Å². The highest BCUT2D eigenvalue weighted by Crippen LogP contribution is 2.64. The number of rotatable bonds is 3. The quantitative estimate of drug-likeness (QED) is 0.182. The van der Waals surface area contributed by atoms with Gasteiger partial charge in [-0.25, -0.2) is 4.98 Å². The first kappa shape index (κ1) is 30.7. The second kappa shape index (κ2) is 11.2. The molecule has 0 saturated heterocycles. The first-order valence-corrected chi connectivity index (χ1v) is 19.4. The molecule has 0 saturated carbocycles. The van der Waals surface area contributed by atoms with Crippen molar-refractivity contribution in [3.8, 4) is 51.0 Å². The zero-order valence-electron chi connectivity index (χ0n) is 30.5. The monoisotopic (exact) mass is 726 g/mol. The van der Waals surface area contributed by atoms with Gasteiger partial charge in [0.2, 0.25) is 5.95 Å². The van der Waals surface area contributed by atoms with Crippen LogP contribution in [0.5, 0.6) is 0 Å². The summed E-state index contributed by atoms with van der Waals surface area (Å²) in [7, 11) is 0. The maximum absolute atomic E-state index is 6.21. The zero-order valence-corrected chi connectivity index (χ0v) is 30.5. The number of para-hydroxylation sites is 2. The van der Waals surface area contributed by atoms with Crippen molar-refractivity contribution in [1.82, 2.24) is 19.5 Å². The Morgan fingerprint density at radius 2 is 1.00 bits per heavy atom. The summed E-state index contributed by atoms with van der Waals surface area (Å²) in [5, 5.41) is 4.40. The number of aromatic nitrogens is 4. The molecule has 3 heterocycles. The Balaban J connectivity index is 1.15. The molecule has 57 heavy (non-hydrogen) atoms. The highest BCUT2D eigenvalue weighted by molar-refractivity contribution is 6.16. The van der Waals surface area contributed by atoms with Gasteiger partial charge in [0.15, 0.2) is 11.6 Å². The third kappa shape index (κ3) is 3.99. The Morgan fingerprint density at radius 1 is 0.404 bits per heavy atom. The third-order valence-electron chi connectivity index (χ3n) is 12.3. The molecule has 2 aliphatic rings. The predicted molar refractivity (Wildman–Crippen MR) is 229 cm³/mol. The highest BCUT2D eigenvalue weighted by Gasteiger charge is 2.52. The lowest BCUT2D eigenvalue weighted by molar-refractivity contribution is 0.669. The molecule has 5 nitrogen and oxygen atoms in total. The molecule has 3 aromatic heterocycles. The van der Waals surface area contributed by atoms with Crippen LogP contribution in [0.1, 0.15) is 22.3 Å². The molecule has 0 radical (unpaired) electrons. The van der Waals surface area contributed by atoms with Gasteiger partial charge in [0.1, 0.15) is 11.2 Å². The van der Waals surface area contributed by atoms with E-state index < -0.39 is 5.41 Å². The fourth-order valence-electron chi connectivity index (χ4n) is 10.0. The summed E-state index contributed by atoms with van der Waals surface area (Å²) in [6, 6.07) is 64.8. The normalized spacial score (nSPS) is 13.4. The minimum atomic E-state index is -0.475. The second-order valence-electron chi connectivity index (χ2n) is 15.1. The van der Waals surface area contributed by atoms with Crippen LogP contribution in [0.15, 0.2) is 186 Å². The molecule has 0 fully saturated rings. The topological polar surface area (TPSA) is 56.7 Å². The van der Waals surface area contributed by atoms with Crippen LogP contribution < -0.4 is 0 Å². The van der Waals surface area contributed by atoms with Gasteiger partial charge in [-0.1, -0.05) is 152 Å². The molecular weight excluding hydrogens is 697 g/mol. The predicted octanol–water partition coefficient (Wildman–Crippen LogP) is 12.5. The number of furan rings is 1. The molecule has 8 aromatic carbocycles. The number of benzene rings is 8. The van der Waals surface area contributed by atoms with E-state index in [1.165, 1.54) is 44.5 Å². The van der Waals surface area contributed by atoms with E-state index >= 15 is 0 Å². The van der Waals surface area contributed by atoms with Crippen LogP contribution in [-0.2, 0) is 5.41 Å². The van der Waals surface area contributed by atoms with Crippen molar-refractivity contribution in [2.24, 2.45) is 0 Å². The Bertz CT molecular complexity index is 3440. The summed E-state index contributed by atoms with van der Waals surface area (Å²) in [6.45, 7) is 0. The van der Waals surface area contributed by atoms with Gasteiger partial charge in [0.25, 0.3) is 0 Å². The van der Waals surface area contributed by atoms with Crippen LogP contribution in [0, 0.1) is 0 Å². The lowest BCUT2D eigenvalue weighted by Gasteiger charge is -2.30. The Kier molecular flexibility index (Phi) is 6.04. The summed E-state index contributed by atoms with van der Waals surface area (Å²) >= 11 is 0. The Morgan fingerprint density at radius 3 is 1.77 bits per heavy atom. The third-order valence-corrected chi connectivity index (χ3v) is 12.3. The lowest BCUT2D eigenvalue weighted by atomic mass is 9.70. The van der Waals surface area contributed by atoms with E-state index in [1.807, 2.05) is 42.5 Å². The number of hydrogen-bond donors (Lipinski definition) is 0. The maximum atomic E-state index is 6.21. The van der Waals surface area contributed by atoms with Crippen molar-refractivity contribution in [2.45, 2.75) is 5.41 Å². The number of nitrogens with zero attached hydrogens (tertiary/aromatic N) is 4. The molecule has 2 aliphatic carbocycles. The van der Waals surface area contributed by atoms with Gasteiger partial charge >= 0.3 is 0 Å². The molecule has 0 unspecified atom stereocenters. The van der Waals surface area contributed by atoms with Gasteiger partial charge in [-0.05, 0) is 69.3 Å². The molecule has 0 aliphatic heterocycles. The van der Waals surface area contributed by atoms with E-state index in [0.717, 1.165) is 54.9 Å². The molecule has 13 rings (SSSR count). The number of fused-ring (bicyclic) bond motifs is 17. The van der Waals surface area contributed by atoms with E-state index in [4.69, 9.17) is 19.4 Å². The average molecular weight is 727 g/mol. The van der Waals surface area contributed by atoms with Gasteiger partial charge in [0.05, 0.1) is 16.4 Å². The van der Waals surface area contributed by atoms with Crippen LogP contribution in [0.4, 0.5) is 0 Å². The molecule has 0 bridgehead atoms. The minimum Gasteiger partial charge on any atom is -0.456 e.